The Morgan fingerprint density at radius 1 is 0.865 bits per heavy atom. The first kappa shape index (κ1) is 27.4. The molecule has 1 aliphatic heterocycles. The molecule has 0 N–H and O–H groups in total. The number of hydrogen-bond donors (Lipinski definition) is 0. The van der Waals surface area contributed by atoms with E-state index < -0.39 is 42.5 Å². The smallest absolute Gasteiger partial charge is 0.303 e. The minimum absolute atomic E-state index is 0.173. The van der Waals surface area contributed by atoms with Gasteiger partial charge in [0.05, 0.1) is 18.2 Å². The molecule has 194 valence electrons. The molecule has 0 spiro atoms. The van der Waals surface area contributed by atoms with Gasteiger partial charge in [-0.15, -0.1) is 0 Å². The van der Waals surface area contributed by atoms with Crippen molar-refractivity contribution >= 4 is 23.7 Å². The topological polar surface area (TPSA) is 138 Å². The number of esters is 3. The van der Waals surface area contributed by atoms with Crippen molar-refractivity contribution in [3.63, 3.8) is 0 Å². The van der Waals surface area contributed by atoms with Gasteiger partial charge < -0.3 is 23.7 Å². The summed E-state index contributed by atoms with van der Waals surface area (Å²) in [6.45, 7) is 6.88. The van der Waals surface area contributed by atoms with Gasteiger partial charge in [-0.1, -0.05) is 0 Å². The predicted molar refractivity (Wildman–Crippen MR) is 128 cm³/mol. The molecule has 1 aliphatic rings. The number of carbonyl (C=O) groups is 4. The molecule has 0 aromatic heterocycles. The fourth-order valence-corrected chi connectivity index (χ4v) is 4.13. The molecule has 37 heavy (non-hydrogen) atoms. The van der Waals surface area contributed by atoms with Gasteiger partial charge in [0, 0.05) is 31.9 Å². The summed E-state index contributed by atoms with van der Waals surface area (Å²) in [4.78, 5) is 48.3. The third-order valence-corrected chi connectivity index (χ3v) is 5.57. The van der Waals surface area contributed by atoms with Gasteiger partial charge in [-0.25, -0.2) is 0 Å². The summed E-state index contributed by atoms with van der Waals surface area (Å²) >= 11 is 0. The van der Waals surface area contributed by atoms with E-state index >= 15 is 0 Å². The van der Waals surface area contributed by atoms with Crippen molar-refractivity contribution in [2.75, 3.05) is 6.61 Å². The van der Waals surface area contributed by atoms with Gasteiger partial charge in [0.1, 0.15) is 5.75 Å². The van der Waals surface area contributed by atoms with Crippen molar-refractivity contribution in [2.45, 2.75) is 59.2 Å². The number of ether oxygens (including phenoxy) is 5. The number of carbonyl (C=O) groups excluding carboxylic acids is 4. The predicted octanol–water partition coefficient (Wildman–Crippen LogP) is 2.94. The molecular weight excluding hydrogens is 482 g/mol. The average Bonchev–Trinajstić information content (AvgIpc) is 2.81. The highest BCUT2D eigenvalue weighted by Crippen LogP contribution is 2.30. The van der Waals surface area contributed by atoms with E-state index in [1.165, 1.54) is 20.8 Å². The molecule has 4 atom stereocenters. The first-order valence-corrected chi connectivity index (χ1v) is 11.5. The van der Waals surface area contributed by atoms with E-state index in [1.54, 1.807) is 50.2 Å². The van der Waals surface area contributed by atoms with Crippen LogP contribution in [0.2, 0.25) is 0 Å². The van der Waals surface area contributed by atoms with Gasteiger partial charge >= 0.3 is 17.9 Å². The Hall–Kier alpha value is -4.23. The summed E-state index contributed by atoms with van der Waals surface area (Å²) in [6, 6.07) is 11.6. The molecule has 3 rings (SSSR count). The maximum atomic E-state index is 13.1. The molecule has 10 heteroatoms. The second-order valence-electron chi connectivity index (χ2n) is 8.57. The zero-order chi connectivity index (χ0) is 27.3. The van der Waals surface area contributed by atoms with Gasteiger partial charge in [0.25, 0.3) is 0 Å². The van der Waals surface area contributed by atoms with Crippen LogP contribution >= 0.6 is 0 Å². The molecular formula is C27H27NO9. The molecule has 0 aliphatic carbocycles. The lowest BCUT2D eigenvalue weighted by molar-refractivity contribution is -0.259. The van der Waals surface area contributed by atoms with Crippen molar-refractivity contribution in [1.82, 2.24) is 0 Å². The van der Waals surface area contributed by atoms with Crippen LogP contribution in [0.3, 0.4) is 0 Å². The highest BCUT2D eigenvalue weighted by Gasteiger charge is 2.48. The Morgan fingerprint density at radius 2 is 1.41 bits per heavy atom. The SMILES string of the molecule is CC(=O)O[C@@H]1[C@@H](OC(C)=O)[C@@H](Oc2cc(C)c(C(=O)c3ccc(C#N)cc3)c(C)c2)OC[C@H]1OC(C)=O. The molecule has 2 aromatic rings. The monoisotopic (exact) mass is 509 g/mol. The second kappa shape index (κ2) is 11.7. The average molecular weight is 510 g/mol. The lowest BCUT2D eigenvalue weighted by Crippen LogP contribution is -2.59. The van der Waals surface area contributed by atoms with Crippen LogP contribution in [0.1, 0.15) is 53.4 Å². The number of nitriles is 1. The number of rotatable bonds is 7. The van der Waals surface area contributed by atoms with Gasteiger partial charge in [-0.2, -0.15) is 5.26 Å². The Morgan fingerprint density at radius 3 is 1.92 bits per heavy atom. The van der Waals surface area contributed by atoms with Gasteiger partial charge in [-0.05, 0) is 61.4 Å². The lowest BCUT2D eigenvalue weighted by atomic mass is 9.94. The fourth-order valence-electron chi connectivity index (χ4n) is 4.13. The van der Waals surface area contributed by atoms with E-state index in [1.807, 2.05) is 6.07 Å². The zero-order valence-electron chi connectivity index (χ0n) is 21.1. The first-order valence-electron chi connectivity index (χ1n) is 11.5. The van der Waals surface area contributed by atoms with Gasteiger partial charge in [0.15, 0.2) is 18.0 Å². The zero-order valence-corrected chi connectivity index (χ0v) is 21.1. The number of ketones is 1. The maximum Gasteiger partial charge on any atom is 0.303 e. The van der Waals surface area contributed by atoms with E-state index in [0.29, 0.717) is 33.6 Å². The number of benzene rings is 2. The van der Waals surface area contributed by atoms with Gasteiger partial charge in [0.2, 0.25) is 12.4 Å². The number of aryl methyl sites for hydroxylation is 2. The van der Waals surface area contributed by atoms with Crippen LogP contribution in [-0.4, -0.2) is 54.9 Å². The maximum absolute atomic E-state index is 13.1. The Bertz CT molecular complexity index is 1220. The number of hydrogen-bond acceptors (Lipinski definition) is 10. The van der Waals surface area contributed by atoms with Crippen LogP contribution in [0.25, 0.3) is 0 Å². The van der Waals surface area contributed by atoms with E-state index in [-0.39, 0.29) is 12.4 Å². The third kappa shape index (κ3) is 6.71. The molecule has 1 saturated heterocycles. The van der Waals surface area contributed by atoms with Gasteiger partial charge in [-0.3, -0.25) is 19.2 Å². The van der Waals surface area contributed by atoms with E-state index in [0.717, 1.165) is 0 Å². The molecule has 0 unspecified atom stereocenters. The minimum atomic E-state index is -1.24. The lowest BCUT2D eigenvalue weighted by Gasteiger charge is -2.40. The Kier molecular flexibility index (Phi) is 8.63. The first-order chi connectivity index (χ1) is 17.5. The largest absolute Gasteiger partial charge is 0.461 e. The minimum Gasteiger partial charge on any atom is -0.461 e. The van der Waals surface area contributed by atoms with Crippen molar-refractivity contribution in [2.24, 2.45) is 0 Å². The molecule has 0 radical (unpaired) electrons. The Balaban J connectivity index is 1.89. The standard InChI is InChI=1S/C27H27NO9/c1-14-10-21(11-15(2)23(14)24(32)20-8-6-19(12-28)7-9-20)37-27-26(36-18(5)31)25(35-17(4)30)22(13-33-27)34-16(3)29/h6-11,22,25-27H,13H2,1-5H3/t22-,25+,26-,27-/m1/s1. The highest BCUT2D eigenvalue weighted by atomic mass is 16.7. The summed E-state index contributed by atoms with van der Waals surface area (Å²) < 4.78 is 27.6. The van der Waals surface area contributed by atoms with Crippen LogP contribution in [0.5, 0.6) is 5.75 Å². The van der Waals surface area contributed by atoms with Crippen LogP contribution in [-0.2, 0) is 33.3 Å². The van der Waals surface area contributed by atoms with Crippen molar-refractivity contribution in [3.05, 3.63) is 64.2 Å². The molecule has 0 amide bonds. The van der Waals surface area contributed by atoms with Crippen molar-refractivity contribution in [1.29, 1.82) is 5.26 Å². The van der Waals surface area contributed by atoms with Crippen LogP contribution in [0.4, 0.5) is 0 Å². The Labute approximate surface area is 214 Å². The molecule has 10 nitrogen and oxygen atoms in total. The summed E-state index contributed by atoms with van der Waals surface area (Å²) in [5.74, 6) is -1.87. The van der Waals surface area contributed by atoms with E-state index in [2.05, 4.69) is 0 Å². The van der Waals surface area contributed by atoms with Crippen molar-refractivity contribution < 1.29 is 42.9 Å². The van der Waals surface area contributed by atoms with Crippen LogP contribution in [0, 0.1) is 25.2 Å². The fraction of sp³-hybridized carbons (Fsp3) is 0.370. The molecule has 1 fully saturated rings. The summed E-state index contributed by atoms with van der Waals surface area (Å²) in [6.07, 6.45) is -4.61. The van der Waals surface area contributed by atoms with Crippen LogP contribution in [0.15, 0.2) is 36.4 Å². The summed E-state index contributed by atoms with van der Waals surface area (Å²) in [7, 11) is 0. The third-order valence-electron chi connectivity index (χ3n) is 5.57. The molecule has 2 aromatic carbocycles. The number of nitrogens with zero attached hydrogens (tertiary/aromatic N) is 1. The van der Waals surface area contributed by atoms with Crippen molar-refractivity contribution in [3.8, 4) is 11.8 Å². The summed E-state index contributed by atoms with van der Waals surface area (Å²) in [5.41, 5.74) is 2.61. The molecule has 0 saturated carbocycles. The molecule has 1 heterocycles. The van der Waals surface area contributed by atoms with E-state index in [4.69, 9.17) is 28.9 Å². The summed E-state index contributed by atoms with van der Waals surface area (Å²) in [5, 5.41) is 8.98. The second-order valence-corrected chi connectivity index (χ2v) is 8.57. The normalized spacial score (nSPS) is 20.8. The highest BCUT2D eigenvalue weighted by molar-refractivity contribution is 6.11. The van der Waals surface area contributed by atoms with E-state index in [9.17, 15) is 19.2 Å². The quantitative estimate of drug-likeness (QED) is 0.311. The van der Waals surface area contributed by atoms with Crippen LogP contribution < -0.4 is 4.74 Å². The molecule has 0 bridgehead atoms.